The molecule has 11 rings (SSSR count). The van der Waals surface area contributed by atoms with Gasteiger partial charge in [-0.1, -0.05) is 127 Å². The molecular formula is C48H31N3. The lowest BCUT2D eigenvalue weighted by Crippen LogP contribution is -2.02. The van der Waals surface area contributed by atoms with Gasteiger partial charge in [0.25, 0.3) is 0 Å². The van der Waals surface area contributed by atoms with Gasteiger partial charge in [-0.2, -0.15) is 0 Å². The molecule has 0 spiro atoms. The molecule has 0 atom stereocenters. The molecule has 51 heavy (non-hydrogen) atoms. The highest BCUT2D eigenvalue weighted by Crippen LogP contribution is 2.40. The number of hydrogen-bond donors (Lipinski definition) is 0. The van der Waals surface area contributed by atoms with Crippen LogP contribution in [0.15, 0.2) is 188 Å². The Labute approximate surface area is 304 Å². The van der Waals surface area contributed by atoms with Crippen molar-refractivity contribution in [2.24, 2.45) is 0 Å². The molecule has 0 aliphatic heterocycles. The van der Waals surface area contributed by atoms with Gasteiger partial charge in [-0.15, -0.1) is 0 Å². The van der Waals surface area contributed by atoms with Gasteiger partial charge in [-0.3, -0.25) is 0 Å². The molecular weight excluding hydrogens is 619 g/mol. The van der Waals surface area contributed by atoms with Gasteiger partial charge in [0.2, 0.25) is 0 Å². The molecule has 0 saturated carbocycles. The number of rotatable bonds is 4. The number of nitrogens with zero attached hydrogens (tertiary/aromatic N) is 3. The van der Waals surface area contributed by atoms with E-state index in [4.69, 9.17) is 2.74 Å². The van der Waals surface area contributed by atoms with Crippen molar-refractivity contribution in [3.05, 3.63) is 188 Å². The molecule has 11 aromatic rings. The minimum Gasteiger partial charge on any atom is -0.309 e. The standard InChI is InChI=1S/C48H31N3/c1-8-22-42(51-47-27-13-6-20-40(47)41-21-7-14-28-48(41)51)35(15-1)32-29-33(49-43-23-9-2-16-36(43)37-17-3-10-24-44(37)49)31-34(30-32)50-45-25-11-4-18-38(45)39-19-5-12-26-46(39)50/h1-31H/i1D,8D,15D,22D,29D,30D,31D. The van der Waals surface area contributed by atoms with Gasteiger partial charge < -0.3 is 13.7 Å². The number of para-hydroxylation sites is 7. The van der Waals surface area contributed by atoms with Crippen molar-refractivity contribution in [3.63, 3.8) is 0 Å². The molecule has 0 N–H and O–H groups in total. The highest BCUT2D eigenvalue weighted by molar-refractivity contribution is 6.12. The molecule has 0 bridgehead atoms. The topological polar surface area (TPSA) is 14.8 Å². The SMILES string of the molecule is [2H]c1c([2H])c([2H])c(-n2c3ccccc3c3ccccc32)c(-c2c([2H])c(-n3c4ccccc4c4ccccc43)c([2H])c(-n3c4ccccc4c4ccccc43)c2[2H])c1[2H]. The summed E-state index contributed by atoms with van der Waals surface area (Å²) in [6, 6.07) is 44.9. The largest absolute Gasteiger partial charge is 0.309 e. The number of benzene rings is 8. The zero-order valence-corrected chi connectivity index (χ0v) is 27.2. The van der Waals surface area contributed by atoms with Crippen molar-refractivity contribution < 1.29 is 9.60 Å². The fraction of sp³-hybridized carbons (Fsp3) is 0. The molecule has 0 aliphatic carbocycles. The average molecular weight is 657 g/mol. The highest BCUT2D eigenvalue weighted by Gasteiger charge is 2.20. The predicted octanol–water partition coefficient (Wildman–Crippen LogP) is 12.6. The molecule has 0 amide bonds. The summed E-state index contributed by atoms with van der Waals surface area (Å²) in [6.45, 7) is 0. The zero-order chi connectivity index (χ0) is 39.6. The van der Waals surface area contributed by atoms with Crippen LogP contribution >= 0.6 is 0 Å². The zero-order valence-electron chi connectivity index (χ0n) is 34.2. The Bertz CT molecular complexity index is 3260. The monoisotopic (exact) mass is 656 g/mol. The summed E-state index contributed by atoms with van der Waals surface area (Å²) in [5, 5.41) is 5.51. The third-order valence-electron chi connectivity index (χ3n) is 10.1. The van der Waals surface area contributed by atoms with Crippen molar-refractivity contribution >= 4 is 65.4 Å². The molecule has 8 aromatic carbocycles. The first-order valence-electron chi connectivity index (χ1n) is 20.5. The summed E-state index contributed by atoms with van der Waals surface area (Å²) in [6.07, 6.45) is 0. The van der Waals surface area contributed by atoms with Crippen molar-refractivity contribution in [1.82, 2.24) is 13.7 Å². The van der Waals surface area contributed by atoms with Crippen LogP contribution in [0.3, 0.4) is 0 Å². The first kappa shape index (κ1) is 22.0. The van der Waals surface area contributed by atoms with Gasteiger partial charge in [0, 0.05) is 49.3 Å². The molecule has 3 aromatic heterocycles. The predicted molar refractivity (Wildman–Crippen MR) is 215 cm³/mol. The third kappa shape index (κ3) is 4.06. The van der Waals surface area contributed by atoms with E-state index in [-0.39, 0.29) is 58.4 Å². The summed E-state index contributed by atoms with van der Waals surface area (Å²) >= 11 is 0. The third-order valence-corrected chi connectivity index (χ3v) is 10.1. The second-order valence-electron chi connectivity index (χ2n) is 12.8. The smallest absolute Gasteiger partial charge is 0.0667 e. The van der Waals surface area contributed by atoms with Crippen LogP contribution in [0.5, 0.6) is 0 Å². The van der Waals surface area contributed by atoms with E-state index >= 15 is 0 Å². The van der Waals surface area contributed by atoms with Crippen molar-refractivity contribution in [2.75, 3.05) is 0 Å². The second kappa shape index (κ2) is 10.8. The Hall–Kier alpha value is -6.84. The Morgan fingerprint density at radius 2 is 0.647 bits per heavy atom. The van der Waals surface area contributed by atoms with Gasteiger partial charge >= 0.3 is 0 Å². The van der Waals surface area contributed by atoms with Crippen LogP contribution in [-0.4, -0.2) is 13.7 Å². The molecule has 238 valence electrons. The Morgan fingerprint density at radius 3 is 1.02 bits per heavy atom. The lowest BCUT2D eigenvalue weighted by molar-refractivity contribution is 1.13. The number of hydrogen-bond acceptors (Lipinski definition) is 0. The molecule has 0 unspecified atom stereocenters. The lowest BCUT2D eigenvalue weighted by Gasteiger charge is -2.18. The molecule has 3 nitrogen and oxygen atoms in total. The van der Waals surface area contributed by atoms with E-state index in [0.29, 0.717) is 0 Å². The van der Waals surface area contributed by atoms with Crippen LogP contribution in [-0.2, 0) is 0 Å². The van der Waals surface area contributed by atoms with Crippen LogP contribution < -0.4 is 0 Å². The maximum absolute atomic E-state index is 10.2. The normalized spacial score (nSPS) is 13.8. The van der Waals surface area contributed by atoms with Crippen molar-refractivity contribution in [1.29, 1.82) is 0 Å². The van der Waals surface area contributed by atoms with Crippen molar-refractivity contribution in [2.45, 2.75) is 0 Å². The minimum atomic E-state index is -0.477. The molecule has 0 radical (unpaired) electrons. The van der Waals surface area contributed by atoms with E-state index in [1.165, 1.54) is 0 Å². The van der Waals surface area contributed by atoms with E-state index in [2.05, 4.69) is 0 Å². The average Bonchev–Trinajstić information content (AvgIpc) is 3.88. The van der Waals surface area contributed by atoms with Gasteiger partial charge in [0.05, 0.1) is 48.4 Å². The first-order valence-corrected chi connectivity index (χ1v) is 17.0. The maximum Gasteiger partial charge on any atom is 0.0667 e. The molecule has 3 heteroatoms. The Balaban J connectivity index is 1.39. The fourth-order valence-corrected chi connectivity index (χ4v) is 7.94. The summed E-state index contributed by atoms with van der Waals surface area (Å²) in [5.41, 5.74) is 5.02. The summed E-state index contributed by atoms with van der Waals surface area (Å²) in [4.78, 5) is 0. The first-order chi connectivity index (χ1) is 28.3. The summed E-state index contributed by atoms with van der Waals surface area (Å²) in [5.74, 6) is 0. The minimum absolute atomic E-state index is 0.00594. The van der Waals surface area contributed by atoms with E-state index in [1.807, 2.05) is 159 Å². The van der Waals surface area contributed by atoms with Crippen LogP contribution in [0.2, 0.25) is 0 Å². The van der Waals surface area contributed by atoms with Crippen LogP contribution in [0.25, 0.3) is 93.6 Å². The van der Waals surface area contributed by atoms with Crippen LogP contribution in [0.1, 0.15) is 9.60 Å². The van der Waals surface area contributed by atoms with Gasteiger partial charge in [0.15, 0.2) is 0 Å². The maximum atomic E-state index is 10.2. The van der Waals surface area contributed by atoms with E-state index in [1.54, 1.807) is 0 Å². The van der Waals surface area contributed by atoms with Gasteiger partial charge in [-0.25, -0.2) is 0 Å². The van der Waals surface area contributed by atoms with Gasteiger partial charge in [-0.05, 0) is 66.1 Å². The number of fused-ring (bicyclic) bond motifs is 9. The van der Waals surface area contributed by atoms with E-state index in [9.17, 15) is 6.85 Å². The number of aromatic nitrogens is 3. The van der Waals surface area contributed by atoms with E-state index < -0.39 is 12.1 Å². The quantitative estimate of drug-likeness (QED) is 0.179. The second-order valence-corrected chi connectivity index (χ2v) is 12.8. The van der Waals surface area contributed by atoms with Crippen LogP contribution in [0, 0.1) is 0 Å². The molecule has 3 heterocycles. The van der Waals surface area contributed by atoms with E-state index in [0.717, 1.165) is 65.4 Å². The Kier molecular flexibility index (Phi) is 4.67. The highest BCUT2D eigenvalue weighted by atomic mass is 15.0. The van der Waals surface area contributed by atoms with Crippen molar-refractivity contribution in [3.8, 4) is 28.2 Å². The summed E-state index contributed by atoms with van der Waals surface area (Å²) < 4.78 is 73.6. The fourth-order valence-electron chi connectivity index (χ4n) is 7.94. The molecule has 0 saturated heterocycles. The molecule has 0 aliphatic rings. The summed E-state index contributed by atoms with van der Waals surface area (Å²) in [7, 11) is 0. The van der Waals surface area contributed by atoms with Gasteiger partial charge in [0.1, 0.15) is 0 Å². The lowest BCUT2D eigenvalue weighted by atomic mass is 10.0. The Morgan fingerprint density at radius 1 is 0.333 bits per heavy atom. The van der Waals surface area contributed by atoms with Crippen LogP contribution in [0.4, 0.5) is 0 Å². The molecule has 0 fully saturated rings.